The number of rotatable bonds is 4. The number of aliphatic hydroxyl groups excluding tert-OH is 2. The van der Waals surface area contributed by atoms with Gasteiger partial charge in [0.25, 0.3) is 0 Å². The van der Waals surface area contributed by atoms with Gasteiger partial charge in [-0.25, -0.2) is 4.57 Å². The quantitative estimate of drug-likeness (QED) is 0.471. The molecule has 1 fully saturated rings. The number of ether oxygens (including phenoxy) is 1. The van der Waals surface area contributed by atoms with E-state index in [1.54, 1.807) is 6.26 Å². The first-order valence-electron chi connectivity index (χ1n) is 4.09. The molecule has 0 unspecified atom stereocenters. The van der Waals surface area contributed by atoms with Crippen molar-refractivity contribution in [2.45, 2.75) is 24.6 Å². The molecule has 4 atom stereocenters. The topological polar surface area (TPSA) is 116 Å². The van der Waals surface area contributed by atoms with E-state index in [9.17, 15) is 14.8 Å². The molecule has 0 amide bonds. The second-order valence-electron chi connectivity index (χ2n) is 3.08. The third kappa shape index (κ3) is 3.69. The molecule has 1 aliphatic heterocycles. The zero-order valence-electron chi connectivity index (χ0n) is 7.89. The van der Waals surface area contributed by atoms with Gasteiger partial charge in [0.2, 0.25) is 0 Å². The van der Waals surface area contributed by atoms with Crippen LogP contribution in [-0.4, -0.2) is 56.6 Å². The summed E-state index contributed by atoms with van der Waals surface area (Å²) in [6.07, 6.45) is -3.05. The van der Waals surface area contributed by atoms with Crippen LogP contribution in [0.4, 0.5) is 0 Å². The third-order valence-corrected chi connectivity index (χ3v) is 3.04. The number of hydrogen-bond donors (Lipinski definition) is 4. The summed E-state index contributed by atoms with van der Waals surface area (Å²) in [5.74, 6) is 0.402. The van der Waals surface area contributed by atoms with Crippen LogP contribution in [0.25, 0.3) is 0 Å². The summed E-state index contributed by atoms with van der Waals surface area (Å²) in [6.45, 7) is 0. The Morgan fingerprint density at radius 2 is 2.00 bits per heavy atom. The fourth-order valence-corrected chi connectivity index (χ4v) is 2.29. The summed E-state index contributed by atoms with van der Waals surface area (Å²) in [7, 11) is -4.73. The summed E-state index contributed by atoms with van der Waals surface area (Å²) in [6, 6.07) is 0. The minimum Gasteiger partial charge on any atom is -0.387 e. The molecule has 0 bridgehead atoms. The van der Waals surface area contributed by atoms with E-state index < -0.39 is 32.4 Å². The van der Waals surface area contributed by atoms with Crippen LogP contribution in [0.3, 0.4) is 0 Å². The van der Waals surface area contributed by atoms with E-state index in [0.717, 1.165) is 0 Å². The molecule has 0 saturated carbocycles. The highest BCUT2D eigenvalue weighted by Crippen LogP contribution is 2.41. The molecular weight excluding hydrogens is 247 g/mol. The van der Waals surface area contributed by atoms with Crippen molar-refractivity contribution < 1.29 is 33.8 Å². The molecular formula is C6H13O7PS. The molecule has 15 heavy (non-hydrogen) atoms. The average molecular weight is 260 g/mol. The SMILES string of the molecule is CSC[C@H]1O[C@@H](OP(=O)(O)O)[C@H](O)[C@@H]1O. The number of hydrogen-bond acceptors (Lipinski definition) is 6. The Kier molecular flexibility index (Phi) is 4.57. The van der Waals surface area contributed by atoms with Crippen LogP contribution in [-0.2, 0) is 13.8 Å². The van der Waals surface area contributed by atoms with Gasteiger partial charge in [-0.05, 0) is 6.26 Å². The first-order valence-corrected chi connectivity index (χ1v) is 7.02. The van der Waals surface area contributed by atoms with Crippen molar-refractivity contribution in [3.63, 3.8) is 0 Å². The molecule has 0 aliphatic carbocycles. The molecule has 0 aromatic rings. The highest BCUT2D eigenvalue weighted by Gasteiger charge is 2.45. The Balaban J connectivity index is 2.59. The van der Waals surface area contributed by atoms with Crippen LogP contribution >= 0.6 is 19.6 Å². The van der Waals surface area contributed by atoms with Crippen molar-refractivity contribution in [3.05, 3.63) is 0 Å². The largest absolute Gasteiger partial charge is 0.472 e. The normalized spacial score (nSPS) is 37.1. The molecule has 4 N–H and O–H groups in total. The predicted octanol–water partition coefficient (Wildman–Crippen LogP) is -1.09. The van der Waals surface area contributed by atoms with Gasteiger partial charge in [0.05, 0.1) is 6.10 Å². The highest BCUT2D eigenvalue weighted by atomic mass is 32.2. The lowest BCUT2D eigenvalue weighted by Gasteiger charge is -2.15. The Bertz CT molecular complexity index is 256. The fraction of sp³-hybridized carbons (Fsp3) is 1.00. The maximum absolute atomic E-state index is 10.5. The molecule has 0 spiro atoms. The molecule has 1 aliphatic rings. The molecule has 90 valence electrons. The molecule has 0 aromatic carbocycles. The zero-order chi connectivity index (χ0) is 11.6. The van der Waals surface area contributed by atoms with E-state index >= 15 is 0 Å². The van der Waals surface area contributed by atoms with Gasteiger partial charge in [-0.15, -0.1) is 0 Å². The fourth-order valence-electron chi connectivity index (χ4n) is 1.24. The Hall–Kier alpha value is 0.340. The van der Waals surface area contributed by atoms with Crippen LogP contribution in [0, 0.1) is 0 Å². The van der Waals surface area contributed by atoms with Gasteiger partial charge in [0.15, 0.2) is 6.29 Å². The van der Waals surface area contributed by atoms with Gasteiger partial charge in [0, 0.05) is 5.75 Å². The molecule has 0 radical (unpaired) electrons. The molecule has 1 heterocycles. The van der Waals surface area contributed by atoms with Crippen LogP contribution < -0.4 is 0 Å². The molecule has 0 aromatic heterocycles. The van der Waals surface area contributed by atoms with E-state index in [2.05, 4.69) is 4.52 Å². The lowest BCUT2D eigenvalue weighted by Crippen LogP contribution is -2.33. The Morgan fingerprint density at radius 3 is 2.47 bits per heavy atom. The molecule has 7 nitrogen and oxygen atoms in total. The van der Waals surface area contributed by atoms with Crippen LogP contribution in [0.15, 0.2) is 0 Å². The minimum absolute atomic E-state index is 0.402. The maximum atomic E-state index is 10.5. The van der Waals surface area contributed by atoms with Gasteiger partial charge < -0.3 is 24.7 Å². The summed E-state index contributed by atoms with van der Waals surface area (Å²) in [5, 5.41) is 18.8. The van der Waals surface area contributed by atoms with E-state index in [1.807, 2.05) is 0 Å². The van der Waals surface area contributed by atoms with Crippen LogP contribution in [0.5, 0.6) is 0 Å². The first kappa shape index (κ1) is 13.4. The second-order valence-corrected chi connectivity index (χ2v) is 5.18. The number of thioether (sulfide) groups is 1. The minimum atomic E-state index is -4.73. The van der Waals surface area contributed by atoms with E-state index in [0.29, 0.717) is 5.75 Å². The van der Waals surface area contributed by atoms with E-state index in [4.69, 9.17) is 14.5 Å². The van der Waals surface area contributed by atoms with Crippen molar-refractivity contribution in [3.8, 4) is 0 Å². The van der Waals surface area contributed by atoms with Gasteiger partial charge in [-0.1, -0.05) is 0 Å². The van der Waals surface area contributed by atoms with E-state index in [-0.39, 0.29) is 0 Å². The van der Waals surface area contributed by atoms with Crippen molar-refractivity contribution in [1.29, 1.82) is 0 Å². The summed E-state index contributed by atoms with van der Waals surface area (Å²) in [5.41, 5.74) is 0. The smallest absolute Gasteiger partial charge is 0.387 e. The lowest BCUT2D eigenvalue weighted by atomic mass is 10.2. The Morgan fingerprint density at radius 1 is 1.40 bits per heavy atom. The highest BCUT2D eigenvalue weighted by molar-refractivity contribution is 7.98. The van der Waals surface area contributed by atoms with Crippen molar-refractivity contribution in [1.82, 2.24) is 0 Å². The predicted molar refractivity (Wildman–Crippen MR) is 52.2 cm³/mol. The van der Waals surface area contributed by atoms with Gasteiger partial charge in [0.1, 0.15) is 12.2 Å². The summed E-state index contributed by atoms with van der Waals surface area (Å²) >= 11 is 1.38. The lowest BCUT2D eigenvalue weighted by molar-refractivity contribution is -0.116. The van der Waals surface area contributed by atoms with Crippen molar-refractivity contribution in [2.75, 3.05) is 12.0 Å². The van der Waals surface area contributed by atoms with Gasteiger partial charge in [-0.2, -0.15) is 11.8 Å². The van der Waals surface area contributed by atoms with Gasteiger partial charge >= 0.3 is 7.82 Å². The standard InChI is InChI=1S/C6H13O7PS/c1-15-2-3-4(7)5(8)6(12-3)13-14(9,10)11/h3-8H,2H2,1H3,(H2,9,10,11)/t3-,4-,5-,6+/m1/s1. The number of phosphoric acid groups is 1. The molecule has 9 heteroatoms. The Labute approximate surface area is 90.6 Å². The molecule has 1 rings (SSSR count). The number of phosphoric ester groups is 1. The van der Waals surface area contributed by atoms with Crippen molar-refractivity contribution in [2.24, 2.45) is 0 Å². The third-order valence-electron chi connectivity index (χ3n) is 1.89. The zero-order valence-corrected chi connectivity index (χ0v) is 9.60. The van der Waals surface area contributed by atoms with E-state index in [1.165, 1.54) is 11.8 Å². The monoisotopic (exact) mass is 260 g/mol. The van der Waals surface area contributed by atoms with Crippen LogP contribution in [0.2, 0.25) is 0 Å². The molecule has 1 saturated heterocycles. The first-order chi connectivity index (χ1) is 6.85. The second kappa shape index (κ2) is 5.11. The average Bonchev–Trinajstić information content (AvgIpc) is 2.32. The van der Waals surface area contributed by atoms with Crippen molar-refractivity contribution >= 4 is 19.6 Å². The van der Waals surface area contributed by atoms with Gasteiger partial charge in [-0.3, -0.25) is 4.52 Å². The number of aliphatic hydroxyl groups is 2. The summed E-state index contributed by atoms with van der Waals surface area (Å²) in [4.78, 5) is 17.0. The van der Waals surface area contributed by atoms with Crippen LogP contribution in [0.1, 0.15) is 0 Å². The maximum Gasteiger partial charge on any atom is 0.472 e. The summed E-state index contributed by atoms with van der Waals surface area (Å²) < 4.78 is 19.6.